The molecule has 0 aromatic heterocycles. The lowest BCUT2D eigenvalue weighted by Gasteiger charge is -2.40. The Morgan fingerprint density at radius 1 is 1.25 bits per heavy atom. The largest absolute Gasteiger partial charge is 0.380 e. The van der Waals surface area contributed by atoms with Gasteiger partial charge in [0.1, 0.15) is 18.5 Å². The van der Waals surface area contributed by atoms with Crippen LogP contribution >= 0.6 is 23.2 Å². The molecule has 1 aromatic rings. The zero-order valence-electron chi connectivity index (χ0n) is 15.7. The first-order chi connectivity index (χ1) is 13.4. The van der Waals surface area contributed by atoms with Crippen molar-refractivity contribution >= 4 is 35.1 Å². The molecule has 3 amide bonds. The lowest BCUT2D eigenvalue weighted by Crippen LogP contribution is -2.65. The second-order valence-electron chi connectivity index (χ2n) is 7.42. The lowest BCUT2D eigenvalue weighted by molar-refractivity contribution is -0.138. The average molecular weight is 428 g/mol. The van der Waals surface area contributed by atoms with Crippen LogP contribution < -0.4 is 10.6 Å². The number of rotatable bonds is 4. The fourth-order valence-corrected chi connectivity index (χ4v) is 4.29. The first kappa shape index (κ1) is 19.9. The summed E-state index contributed by atoms with van der Waals surface area (Å²) in [5.74, 6) is -0.235. The zero-order chi connectivity index (χ0) is 20.0. The first-order valence-electron chi connectivity index (χ1n) is 9.20. The van der Waals surface area contributed by atoms with Gasteiger partial charge < -0.3 is 9.64 Å². The van der Waals surface area contributed by atoms with E-state index in [1.54, 1.807) is 30.1 Å². The maximum absolute atomic E-state index is 13.2. The van der Waals surface area contributed by atoms with Crippen molar-refractivity contribution in [2.75, 3.05) is 27.3 Å². The van der Waals surface area contributed by atoms with Crippen LogP contribution in [0, 0.1) is 0 Å². The number of ether oxygens (including phenoxy) is 1. The Bertz CT molecular complexity index is 788. The maximum Gasteiger partial charge on any atom is 0.328 e. The number of halogens is 2. The van der Waals surface area contributed by atoms with E-state index in [1.807, 2.05) is 11.9 Å². The number of amides is 3. The molecule has 152 valence electrons. The van der Waals surface area contributed by atoms with E-state index in [-0.39, 0.29) is 30.8 Å². The summed E-state index contributed by atoms with van der Waals surface area (Å²) in [5, 5.41) is 7.65. The van der Waals surface area contributed by atoms with Crippen LogP contribution in [0.15, 0.2) is 18.2 Å². The highest BCUT2D eigenvalue weighted by molar-refractivity contribution is 6.42. The van der Waals surface area contributed by atoms with Crippen LogP contribution in [0.5, 0.6) is 0 Å². The van der Waals surface area contributed by atoms with Crippen molar-refractivity contribution in [3.8, 4) is 0 Å². The zero-order valence-corrected chi connectivity index (χ0v) is 17.2. The smallest absolute Gasteiger partial charge is 0.328 e. The van der Waals surface area contributed by atoms with Gasteiger partial charge >= 0.3 is 6.03 Å². The molecule has 4 atom stereocenters. The van der Waals surface area contributed by atoms with Crippen molar-refractivity contribution in [2.24, 2.45) is 0 Å². The highest BCUT2D eigenvalue weighted by atomic mass is 35.5. The third-order valence-corrected chi connectivity index (χ3v) is 6.33. The molecule has 8 nitrogen and oxygen atoms in total. The second kappa shape index (κ2) is 7.78. The van der Waals surface area contributed by atoms with E-state index in [0.717, 1.165) is 18.6 Å². The Morgan fingerprint density at radius 2 is 2.04 bits per heavy atom. The lowest BCUT2D eigenvalue weighted by atomic mass is 10.1. The van der Waals surface area contributed by atoms with E-state index in [0.29, 0.717) is 16.7 Å². The van der Waals surface area contributed by atoms with Crippen molar-refractivity contribution in [1.29, 1.82) is 0 Å². The van der Waals surface area contributed by atoms with Crippen LogP contribution in [0.4, 0.5) is 4.79 Å². The van der Waals surface area contributed by atoms with Gasteiger partial charge in [-0.15, -0.1) is 0 Å². The molecule has 3 aliphatic rings. The van der Waals surface area contributed by atoms with Gasteiger partial charge in [0, 0.05) is 19.7 Å². The van der Waals surface area contributed by atoms with Crippen LogP contribution in [0.2, 0.25) is 10.0 Å². The van der Waals surface area contributed by atoms with E-state index in [1.165, 1.54) is 4.90 Å². The molecule has 0 radical (unpaired) electrons. The summed E-state index contributed by atoms with van der Waals surface area (Å²) in [7, 11) is 3.58. The van der Waals surface area contributed by atoms with Gasteiger partial charge in [-0.05, 0) is 31.2 Å². The minimum atomic E-state index is -0.481. The summed E-state index contributed by atoms with van der Waals surface area (Å²) < 4.78 is 5.41. The fraction of sp³-hybridized carbons (Fsp3) is 0.556. The molecule has 10 heteroatoms. The first-order valence-corrected chi connectivity index (χ1v) is 9.96. The number of hydrogen-bond donors (Lipinski definition) is 2. The summed E-state index contributed by atoms with van der Waals surface area (Å²) in [4.78, 5) is 30.8. The minimum Gasteiger partial charge on any atom is -0.380 e. The van der Waals surface area contributed by atoms with Gasteiger partial charge in [0.15, 0.2) is 0 Å². The summed E-state index contributed by atoms with van der Waals surface area (Å²) >= 11 is 12.0. The highest BCUT2D eigenvalue weighted by Gasteiger charge is 2.53. The van der Waals surface area contributed by atoms with Crippen LogP contribution in [0.1, 0.15) is 12.0 Å². The van der Waals surface area contributed by atoms with Gasteiger partial charge in [-0.3, -0.25) is 25.2 Å². The standard InChI is InChI=1S/C18H23Cl2N5O3/c1-23-14-15(22-17(23)21-11-5-6-28-9-11)24(2)18(27)25(16(14)26)8-10-3-4-12(19)13(20)7-10/h3-4,7,11,14-15,17,21-22H,5-6,8-9H2,1-2H3/t11-,14?,15?,17?/m1/s1. The number of imide groups is 1. The van der Waals surface area contributed by atoms with Crippen molar-refractivity contribution in [1.82, 2.24) is 25.3 Å². The van der Waals surface area contributed by atoms with Crippen LogP contribution in [0.25, 0.3) is 0 Å². The van der Waals surface area contributed by atoms with E-state index in [4.69, 9.17) is 27.9 Å². The second-order valence-corrected chi connectivity index (χ2v) is 8.23. The molecule has 28 heavy (non-hydrogen) atoms. The summed E-state index contributed by atoms with van der Waals surface area (Å²) in [5.41, 5.74) is 0.745. The summed E-state index contributed by atoms with van der Waals surface area (Å²) in [6.07, 6.45) is 0.314. The van der Waals surface area contributed by atoms with Gasteiger partial charge in [0.2, 0.25) is 0 Å². The molecule has 3 heterocycles. The molecule has 0 saturated carbocycles. The van der Waals surface area contributed by atoms with Gasteiger partial charge in [-0.1, -0.05) is 29.3 Å². The number of fused-ring (bicyclic) bond motifs is 1. The van der Waals surface area contributed by atoms with Gasteiger partial charge in [-0.25, -0.2) is 4.79 Å². The molecule has 3 unspecified atom stereocenters. The summed E-state index contributed by atoms with van der Waals surface area (Å²) in [6, 6.07) is 4.51. The summed E-state index contributed by atoms with van der Waals surface area (Å²) in [6.45, 7) is 1.52. The number of nitrogens with one attached hydrogen (secondary N) is 2. The van der Waals surface area contributed by atoms with Crippen LogP contribution in [-0.2, 0) is 16.1 Å². The molecular formula is C18H23Cl2N5O3. The molecule has 1 aromatic carbocycles. The third-order valence-electron chi connectivity index (χ3n) is 5.59. The fourth-order valence-electron chi connectivity index (χ4n) is 3.97. The van der Waals surface area contributed by atoms with Crippen LogP contribution in [-0.4, -0.2) is 78.5 Å². The normalized spacial score (nSPS) is 31.0. The number of hydrogen-bond acceptors (Lipinski definition) is 6. The number of likely N-dealkylation sites (N-methyl/N-ethyl adjacent to an activating group) is 2. The van der Waals surface area contributed by atoms with Crippen molar-refractivity contribution in [3.05, 3.63) is 33.8 Å². The molecule has 4 rings (SSSR count). The Morgan fingerprint density at radius 3 is 2.71 bits per heavy atom. The molecule has 3 aliphatic heterocycles. The van der Waals surface area contributed by atoms with Gasteiger partial charge in [-0.2, -0.15) is 0 Å². The Labute approximate surface area is 173 Å². The highest BCUT2D eigenvalue weighted by Crippen LogP contribution is 2.28. The quantitative estimate of drug-likeness (QED) is 0.753. The Balaban J connectivity index is 1.52. The average Bonchev–Trinajstić information content (AvgIpc) is 3.29. The monoisotopic (exact) mass is 427 g/mol. The predicted molar refractivity (Wildman–Crippen MR) is 105 cm³/mol. The topological polar surface area (TPSA) is 77.2 Å². The van der Waals surface area contributed by atoms with Crippen molar-refractivity contribution < 1.29 is 14.3 Å². The van der Waals surface area contributed by atoms with Crippen molar-refractivity contribution in [3.63, 3.8) is 0 Å². The van der Waals surface area contributed by atoms with Gasteiger partial charge in [0.25, 0.3) is 5.91 Å². The maximum atomic E-state index is 13.2. The Kier molecular flexibility index (Phi) is 5.52. The number of benzene rings is 1. The number of urea groups is 1. The molecule has 3 fully saturated rings. The van der Waals surface area contributed by atoms with E-state index in [9.17, 15) is 9.59 Å². The molecule has 0 aliphatic carbocycles. The number of carbonyl (C=O) groups excluding carboxylic acids is 2. The Hall–Kier alpha value is -1.42. The van der Waals surface area contributed by atoms with Crippen LogP contribution in [0.3, 0.4) is 0 Å². The number of carbonyl (C=O) groups is 2. The molecular weight excluding hydrogens is 405 g/mol. The van der Waals surface area contributed by atoms with Gasteiger partial charge in [0.05, 0.1) is 23.2 Å². The van der Waals surface area contributed by atoms with E-state index in [2.05, 4.69) is 10.6 Å². The third kappa shape index (κ3) is 3.49. The number of nitrogens with zero attached hydrogens (tertiary/aromatic N) is 3. The SMILES string of the molecule is CN1C(=O)N(Cc2ccc(Cl)c(Cl)c2)C(=O)C2C1NC(N[C@@H]1CCOC1)N2C. The molecule has 2 N–H and O–H groups in total. The molecule has 3 saturated heterocycles. The predicted octanol–water partition coefficient (Wildman–Crippen LogP) is 1.28. The minimum absolute atomic E-state index is 0.143. The van der Waals surface area contributed by atoms with E-state index < -0.39 is 12.2 Å². The molecule has 0 bridgehead atoms. The molecule has 0 spiro atoms. The van der Waals surface area contributed by atoms with E-state index >= 15 is 0 Å². The van der Waals surface area contributed by atoms with Crippen molar-refractivity contribution in [2.45, 2.75) is 37.5 Å².